The summed E-state index contributed by atoms with van der Waals surface area (Å²) >= 11 is 7.46. The zero-order valence-electron chi connectivity index (χ0n) is 14.9. The van der Waals surface area contributed by atoms with Gasteiger partial charge in [-0.05, 0) is 50.2 Å². The van der Waals surface area contributed by atoms with E-state index in [0.29, 0.717) is 16.5 Å². The largest absolute Gasteiger partial charge is 0.478 e. The number of aromatic nitrogens is 3. The Labute approximate surface area is 166 Å². The van der Waals surface area contributed by atoms with Gasteiger partial charge in [-0.15, -0.1) is 11.8 Å². The van der Waals surface area contributed by atoms with Crippen LogP contribution >= 0.6 is 23.4 Å². The van der Waals surface area contributed by atoms with Gasteiger partial charge in [0.25, 0.3) is 5.91 Å². The number of nitrogens with zero attached hydrogens (tertiary/aromatic N) is 2. The molecule has 0 saturated carbocycles. The van der Waals surface area contributed by atoms with Crippen LogP contribution < -0.4 is 10.5 Å². The van der Waals surface area contributed by atoms with E-state index in [0.717, 1.165) is 22.0 Å². The number of carbonyl (C=O) groups excluding carboxylic acids is 1. The van der Waals surface area contributed by atoms with Crippen LogP contribution in [-0.2, 0) is 10.5 Å². The maximum absolute atomic E-state index is 11.4. The van der Waals surface area contributed by atoms with Crippen molar-refractivity contribution in [2.45, 2.75) is 30.2 Å². The molecule has 0 fully saturated rings. The molecule has 2 aromatic heterocycles. The van der Waals surface area contributed by atoms with Crippen LogP contribution in [-0.4, -0.2) is 26.5 Å². The number of aromatic amines is 1. The van der Waals surface area contributed by atoms with E-state index in [4.69, 9.17) is 22.1 Å². The summed E-state index contributed by atoms with van der Waals surface area (Å²) in [7, 11) is 0. The summed E-state index contributed by atoms with van der Waals surface area (Å²) in [5, 5.41) is 1.50. The summed E-state index contributed by atoms with van der Waals surface area (Å²) in [4.78, 5) is 23.3. The number of carbonyl (C=O) groups is 1. The molecule has 0 aliphatic rings. The lowest BCUT2D eigenvalue weighted by molar-refractivity contribution is -0.130. The number of thioether (sulfide) groups is 1. The third kappa shape index (κ3) is 4.81. The fraction of sp³-hybridized carbons (Fsp3) is 0.211. The van der Waals surface area contributed by atoms with Crippen molar-refractivity contribution < 1.29 is 9.53 Å². The number of pyridine rings is 1. The van der Waals surface area contributed by atoms with E-state index in [2.05, 4.69) is 15.0 Å². The van der Waals surface area contributed by atoms with Gasteiger partial charge in [0.2, 0.25) is 0 Å². The third-order valence-electron chi connectivity index (χ3n) is 3.88. The Morgan fingerprint density at radius 1 is 1.22 bits per heavy atom. The summed E-state index contributed by atoms with van der Waals surface area (Å²) in [6.07, 6.45) is 3.30. The van der Waals surface area contributed by atoms with Gasteiger partial charge in [-0.3, -0.25) is 4.79 Å². The Morgan fingerprint density at radius 3 is 2.59 bits per heavy atom. The number of primary amides is 1. The van der Waals surface area contributed by atoms with E-state index in [1.807, 2.05) is 24.3 Å². The topological polar surface area (TPSA) is 93.9 Å². The van der Waals surface area contributed by atoms with Crippen molar-refractivity contribution in [1.82, 2.24) is 15.0 Å². The molecule has 3 aromatic rings. The number of nitrogens with two attached hydrogens (primary N) is 1. The van der Waals surface area contributed by atoms with Crippen LogP contribution in [0.15, 0.2) is 53.9 Å². The van der Waals surface area contributed by atoms with Gasteiger partial charge in [-0.25, -0.2) is 9.97 Å². The molecule has 0 saturated heterocycles. The summed E-state index contributed by atoms with van der Waals surface area (Å²) in [5.74, 6) is 0.741. The molecule has 1 aromatic carbocycles. The molecule has 140 valence electrons. The molecule has 3 N–H and O–H groups in total. The fourth-order valence-electron chi connectivity index (χ4n) is 2.30. The normalized spacial score (nSPS) is 11.4. The average molecular weight is 403 g/mol. The first-order valence-electron chi connectivity index (χ1n) is 8.21. The molecule has 0 atom stereocenters. The summed E-state index contributed by atoms with van der Waals surface area (Å²) < 4.78 is 5.65. The highest BCUT2D eigenvalue weighted by atomic mass is 35.5. The Balaban J connectivity index is 1.71. The quantitative estimate of drug-likeness (QED) is 0.581. The molecule has 0 unspecified atom stereocenters. The maximum atomic E-state index is 11.4. The van der Waals surface area contributed by atoms with Crippen molar-refractivity contribution in [3.05, 3.63) is 59.6 Å². The molecule has 6 nitrogen and oxygen atoms in total. The van der Waals surface area contributed by atoms with Gasteiger partial charge in [-0.2, -0.15) is 0 Å². The van der Waals surface area contributed by atoms with Gasteiger partial charge in [0.05, 0.1) is 27.8 Å². The van der Waals surface area contributed by atoms with Crippen molar-refractivity contribution >= 4 is 29.3 Å². The molecule has 1 amide bonds. The Morgan fingerprint density at radius 2 is 1.96 bits per heavy atom. The highest BCUT2D eigenvalue weighted by molar-refractivity contribution is 7.98. The lowest BCUT2D eigenvalue weighted by Gasteiger charge is -2.22. The highest BCUT2D eigenvalue weighted by Gasteiger charge is 2.27. The molecule has 0 spiro atoms. The maximum Gasteiger partial charge on any atom is 0.261 e. The number of hydrogen-bond donors (Lipinski definition) is 2. The average Bonchev–Trinajstić information content (AvgIpc) is 3.10. The molecule has 0 aliphatic carbocycles. The Bertz CT molecular complexity index is 924. The lowest BCUT2D eigenvalue weighted by Crippen LogP contribution is -2.43. The van der Waals surface area contributed by atoms with Crippen molar-refractivity contribution in [1.29, 1.82) is 0 Å². The molecule has 27 heavy (non-hydrogen) atoms. The second-order valence-electron chi connectivity index (χ2n) is 6.33. The van der Waals surface area contributed by atoms with Gasteiger partial charge in [0.1, 0.15) is 5.75 Å². The molecule has 0 radical (unpaired) electrons. The molecule has 8 heteroatoms. The lowest BCUT2D eigenvalue weighted by atomic mass is 10.1. The van der Waals surface area contributed by atoms with Crippen LogP contribution in [0.2, 0.25) is 5.02 Å². The van der Waals surface area contributed by atoms with Crippen molar-refractivity contribution in [3.63, 3.8) is 0 Å². The Kier molecular flexibility index (Phi) is 5.72. The smallest absolute Gasteiger partial charge is 0.261 e. The van der Waals surface area contributed by atoms with Gasteiger partial charge in [0, 0.05) is 17.5 Å². The van der Waals surface area contributed by atoms with Crippen LogP contribution in [0.3, 0.4) is 0 Å². The number of benzene rings is 1. The van der Waals surface area contributed by atoms with Crippen molar-refractivity contribution in [3.8, 4) is 17.0 Å². The first-order valence-corrected chi connectivity index (χ1v) is 9.57. The number of rotatable bonds is 7. The summed E-state index contributed by atoms with van der Waals surface area (Å²) in [6.45, 7) is 3.27. The number of halogens is 1. The van der Waals surface area contributed by atoms with Gasteiger partial charge in [0.15, 0.2) is 5.60 Å². The molecular weight excluding hydrogens is 384 g/mol. The minimum absolute atomic E-state index is 0.519. The van der Waals surface area contributed by atoms with E-state index in [9.17, 15) is 4.79 Å². The van der Waals surface area contributed by atoms with Crippen LogP contribution in [0.4, 0.5) is 0 Å². The summed E-state index contributed by atoms with van der Waals surface area (Å²) in [5.41, 5.74) is 7.07. The predicted molar refractivity (Wildman–Crippen MR) is 107 cm³/mol. The second-order valence-corrected chi connectivity index (χ2v) is 7.77. The zero-order chi connectivity index (χ0) is 19.4. The van der Waals surface area contributed by atoms with E-state index < -0.39 is 11.5 Å². The third-order valence-corrected chi connectivity index (χ3v) is 5.07. The number of ether oxygens (including phenoxy) is 1. The van der Waals surface area contributed by atoms with Gasteiger partial charge in [-0.1, -0.05) is 11.6 Å². The summed E-state index contributed by atoms with van der Waals surface area (Å²) in [6, 6.07) is 11.1. The highest BCUT2D eigenvalue weighted by Crippen LogP contribution is 2.29. The second kappa shape index (κ2) is 8.02. The van der Waals surface area contributed by atoms with Crippen LogP contribution in [0.1, 0.15) is 19.5 Å². The molecule has 3 rings (SSSR count). The monoisotopic (exact) mass is 402 g/mol. The van der Waals surface area contributed by atoms with E-state index in [-0.39, 0.29) is 0 Å². The standard InChI is InChI=1S/C19H19ClN4O2S/c1-19(2,18(21)25)26-14-6-3-12(4-7-14)17-15(23-11-24-17)10-27-16-8-5-13(20)9-22-16/h3-9,11H,10H2,1-2H3,(H2,21,25)(H,23,24). The van der Waals surface area contributed by atoms with E-state index >= 15 is 0 Å². The molecule has 0 bridgehead atoms. The number of nitrogens with one attached hydrogen (secondary N) is 1. The molecular formula is C19H19ClN4O2S. The van der Waals surface area contributed by atoms with Crippen molar-refractivity contribution in [2.24, 2.45) is 5.73 Å². The van der Waals surface area contributed by atoms with Crippen LogP contribution in [0.5, 0.6) is 5.75 Å². The predicted octanol–water partition coefficient (Wildman–Crippen LogP) is 4.06. The SMILES string of the molecule is CC(C)(Oc1ccc(-c2nc[nH]c2CSc2ccc(Cl)cn2)cc1)C(N)=O. The van der Waals surface area contributed by atoms with Crippen LogP contribution in [0, 0.1) is 0 Å². The van der Waals surface area contributed by atoms with Crippen molar-refractivity contribution in [2.75, 3.05) is 0 Å². The zero-order valence-corrected chi connectivity index (χ0v) is 16.5. The minimum Gasteiger partial charge on any atom is -0.478 e. The molecule has 2 heterocycles. The van der Waals surface area contributed by atoms with Gasteiger partial charge < -0.3 is 15.5 Å². The first-order chi connectivity index (χ1) is 12.8. The number of imidazole rings is 1. The minimum atomic E-state index is -1.07. The number of hydrogen-bond acceptors (Lipinski definition) is 5. The van der Waals surface area contributed by atoms with Crippen LogP contribution in [0.25, 0.3) is 11.3 Å². The molecule has 0 aliphatic heterocycles. The fourth-order valence-corrected chi connectivity index (χ4v) is 3.21. The van der Waals surface area contributed by atoms with E-state index in [1.54, 1.807) is 50.3 Å². The Hall–Kier alpha value is -2.51. The number of amides is 1. The first kappa shape index (κ1) is 19.3. The van der Waals surface area contributed by atoms with E-state index in [1.165, 1.54) is 0 Å². The number of H-pyrrole nitrogens is 1. The van der Waals surface area contributed by atoms with Gasteiger partial charge >= 0.3 is 0 Å².